The molecule has 1 aromatic heterocycles. The lowest BCUT2D eigenvalue weighted by Crippen LogP contribution is -2.52. The van der Waals surface area contributed by atoms with Crippen molar-refractivity contribution in [1.29, 1.82) is 5.26 Å². The van der Waals surface area contributed by atoms with E-state index in [-0.39, 0.29) is 24.4 Å². The number of nitrogens with one attached hydrogen (secondary N) is 1. The molecule has 7 heteroatoms. The van der Waals surface area contributed by atoms with E-state index < -0.39 is 0 Å². The van der Waals surface area contributed by atoms with Gasteiger partial charge in [0, 0.05) is 35.9 Å². The predicted molar refractivity (Wildman–Crippen MR) is 145 cm³/mol. The number of piperazine rings is 1. The van der Waals surface area contributed by atoms with Crippen LogP contribution in [0.2, 0.25) is 5.02 Å². The SMILES string of the molecule is Cc1ccccc1C(Cc1ccc(C#N)cc1)C(c1cnc[nH]1)N1CCN(c2cccc(Cl)c2)C(=O)C1. The minimum absolute atomic E-state index is 0.0416. The number of amides is 1. The number of imidazole rings is 1. The number of aromatic nitrogens is 2. The summed E-state index contributed by atoms with van der Waals surface area (Å²) < 4.78 is 0. The Hall–Kier alpha value is -3.92. The van der Waals surface area contributed by atoms with Gasteiger partial charge in [-0.15, -0.1) is 0 Å². The second-order valence-electron chi connectivity index (χ2n) is 9.42. The number of carbonyl (C=O) groups excluding carboxylic acids is 1. The zero-order chi connectivity index (χ0) is 25.8. The zero-order valence-corrected chi connectivity index (χ0v) is 21.4. The van der Waals surface area contributed by atoms with Gasteiger partial charge in [-0.3, -0.25) is 9.69 Å². The number of nitrogens with zero attached hydrogens (tertiary/aromatic N) is 4. The van der Waals surface area contributed by atoms with Gasteiger partial charge in [0.2, 0.25) is 5.91 Å². The number of aromatic amines is 1. The first-order valence-corrected chi connectivity index (χ1v) is 12.7. The minimum Gasteiger partial charge on any atom is -0.347 e. The number of hydrogen-bond acceptors (Lipinski definition) is 4. The van der Waals surface area contributed by atoms with Crippen molar-refractivity contribution in [1.82, 2.24) is 14.9 Å². The molecule has 37 heavy (non-hydrogen) atoms. The molecule has 1 saturated heterocycles. The number of rotatable bonds is 7. The van der Waals surface area contributed by atoms with Gasteiger partial charge < -0.3 is 9.88 Å². The third-order valence-corrected chi connectivity index (χ3v) is 7.34. The first-order chi connectivity index (χ1) is 18.0. The van der Waals surface area contributed by atoms with Crippen molar-refractivity contribution in [3.05, 3.63) is 118 Å². The van der Waals surface area contributed by atoms with E-state index in [0.717, 1.165) is 23.4 Å². The maximum atomic E-state index is 13.4. The van der Waals surface area contributed by atoms with Crippen LogP contribution in [0.3, 0.4) is 0 Å². The number of benzene rings is 3. The molecular formula is C30H28ClN5O. The molecule has 2 unspecified atom stereocenters. The van der Waals surface area contributed by atoms with E-state index in [9.17, 15) is 10.1 Å². The van der Waals surface area contributed by atoms with Crippen LogP contribution in [0.5, 0.6) is 0 Å². The molecule has 5 rings (SSSR count). The van der Waals surface area contributed by atoms with Gasteiger partial charge in [0.15, 0.2) is 0 Å². The summed E-state index contributed by atoms with van der Waals surface area (Å²) in [5.41, 5.74) is 6.02. The molecule has 4 aromatic rings. The highest BCUT2D eigenvalue weighted by Crippen LogP contribution is 2.40. The highest BCUT2D eigenvalue weighted by Gasteiger charge is 2.37. The number of anilines is 1. The van der Waals surface area contributed by atoms with Crippen LogP contribution in [0.25, 0.3) is 0 Å². The Morgan fingerprint density at radius 1 is 1.08 bits per heavy atom. The van der Waals surface area contributed by atoms with Gasteiger partial charge in [-0.25, -0.2) is 4.98 Å². The smallest absolute Gasteiger partial charge is 0.241 e. The summed E-state index contributed by atoms with van der Waals surface area (Å²) in [5, 5.41) is 9.86. The molecule has 1 fully saturated rings. The molecular weight excluding hydrogens is 482 g/mol. The lowest BCUT2D eigenvalue weighted by Gasteiger charge is -2.42. The van der Waals surface area contributed by atoms with Gasteiger partial charge in [-0.05, 0) is 60.4 Å². The Labute approximate surface area is 222 Å². The molecule has 0 saturated carbocycles. The molecule has 1 aliphatic heterocycles. The Morgan fingerprint density at radius 2 is 1.89 bits per heavy atom. The van der Waals surface area contributed by atoms with Crippen LogP contribution < -0.4 is 4.90 Å². The van der Waals surface area contributed by atoms with E-state index in [0.29, 0.717) is 23.7 Å². The molecule has 186 valence electrons. The molecule has 6 nitrogen and oxygen atoms in total. The molecule has 0 aliphatic carbocycles. The van der Waals surface area contributed by atoms with Crippen LogP contribution in [-0.2, 0) is 11.2 Å². The topological polar surface area (TPSA) is 76.0 Å². The summed E-state index contributed by atoms with van der Waals surface area (Å²) in [5.74, 6) is 0.0973. The van der Waals surface area contributed by atoms with Crippen molar-refractivity contribution >= 4 is 23.2 Å². The standard InChI is InChI=1S/C30H28ClN5O/c1-21-5-2-3-8-26(21)27(15-22-9-11-23(17-32)12-10-22)30(28-18-33-20-34-28)35-13-14-36(29(37)19-35)25-7-4-6-24(31)16-25/h2-12,16,18,20,27,30H,13-15,19H2,1H3,(H,33,34). The molecule has 0 radical (unpaired) electrons. The van der Waals surface area contributed by atoms with Crippen LogP contribution in [-0.4, -0.2) is 40.4 Å². The third-order valence-electron chi connectivity index (χ3n) is 7.11. The second-order valence-corrected chi connectivity index (χ2v) is 9.86. The number of hydrogen-bond donors (Lipinski definition) is 1. The molecule has 1 N–H and O–H groups in total. The van der Waals surface area contributed by atoms with Crippen molar-refractivity contribution in [2.45, 2.75) is 25.3 Å². The largest absolute Gasteiger partial charge is 0.347 e. The fraction of sp³-hybridized carbons (Fsp3) is 0.233. The minimum atomic E-state index is -0.0929. The average molecular weight is 510 g/mol. The Balaban J connectivity index is 1.50. The van der Waals surface area contributed by atoms with Crippen molar-refractivity contribution in [2.75, 3.05) is 24.5 Å². The fourth-order valence-corrected chi connectivity index (χ4v) is 5.49. The number of H-pyrrole nitrogens is 1. The van der Waals surface area contributed by atoms with Crippen molar-refractivity contribution in [2.24, 2.45) is 0 Å². The van der Waals surface area contributed by atoms with Crippen LogP contribution in [0.15, 0.2) is 85.3 Å². The number of nitriles is 1. The van der Waals surface area contributed by atoms with Crippen LogP contribution in [0.1, 0.15) is 39.9 Å². The van der Waals surface area contributed by atoms with Crippen molar-refractivity contribution in [3.8, 4) is 6.07 Å². The summed E-state index contributed by atoms with van der Waals surface area (Å²) in [4.78, 5) is 25.2. The third kappa shape index (κ3) is 5.43. The highest BCUT2D eigenvalue weighted by atomic mass is 35.5. The monoisotopic (exact) mass is 509 g/mol. The van der Waals surface area contributed by atoms with Crippen molar-refractivity contribution < 1.29 is 4.79 Å². The highest BCUT2D eigenvalue weighted by molar-refractivity contribution is 6.30. The van der Waals surface area contributed by atoms with Crippen LogP contribution >= 0.6 is 11.6 Å². The summed E-state index contributed by atoms with van der Waals surface area (Å²) in [6.45, 7) is 3.69. The maximum absolute atomic E-state index is 13.4. The normalized spacial score (nSPS) is 15.8. The van der Waals surface area contributed by atoms with Crippen molar-refractivity contribution in [3.63, 3.8) is 0 Å². The molecule has 2 atom stereocenters. The Morgan fingerprint density at radius 3 is 2.57 bits per heavy atom. The first-order valence-electron chi connectivity index (χ1n) is 12.4. The van der Waals surface area contributed by atoms with Gasteiger partial charge in [-0.1, -0.05) is 54.1 Å². The molecule has 0 spiro atoms. The lowest BCUT2D eigenvalue weighted by atomic mass is 9.81. The fourth-order valence-electron chi connectivity index (χ4n) is 5.31. The Bertz CT molecular complexity index is 1410. The van der Waals surface area contributed by atoms with E-state index in [1.165, 1.54) is 11.1 Å². The Kier molecular flexibility index (Phi) is 7.36. The van der Waals surface area contributed by atoms with Gasteiger partial charge >= 0.3 is 0 Å². The molecule has 0 bridgehead atoms. The molecule has 2 heterocycles. The van der Waals surface area contributed by atoms with E-state index in [2.05, 4.69) is 52.1 Å². The summed E-state index contributed by atoms with van der Waals surface area (Å²) >= 11 is 6.20. The maximum Gasteiger partial charge on any atom is 0.241 e. The summed E-state index contributed by atoms with van der Waals surface area (Å²) in [6.07, 6.45) is 4.31. The van der Waals surface area contributed by atoms with E-state index in [1.807, 2.05) is 59.6 Å². The van der Waals surface area contributed by atoms with E-state index >= 15 is 0 Å². The second kappa shape index (κ2) is 11.0. The lowest BCUT2D eigenvalue weighted by molar-refractivity contribution is -0.122. The van der Waals surface area contributed by atoms with E-state index in [1.54, 1.807) is 6.33 Å². The predicted octanol–water partition coefficient (Wildman–Crippen LogP) is 5.66. The first kappa shape index (κ1) is 24.8. The van der Waals surface area contributed by atoms with Gasteiger partial charge in [-0.2, -0.15) is 5.26 Å². The molecule has 1 aliphatic rings. The number of halogens is 1. The van der Waals surface area contributed by atoms with Crippen LogP contribution in [0, 0.1) is 18.3 Å². The van der Waals surface area contributed by atoms with Gasteiger partial charge in [0.05, 0.1) is 36.2 Å². The van der Waals surface area contributed by atoms with Crippen LogP contribution in [0.4, 0.5) is 5.69 Å². The quantitative estimate of drug-likeness (QED) is 0.349. The van der Waals surface area contributed by atoms with E-state index in [4.69, 9.17) is 11.6 Å². The van der Waals surface area contributed by atoms with Gasteiger partial charge in [0.25, 0.3) is 0 Å². The number of carbonyl (C=O) groups is 1. The average Bonchev–Trinajstić information content (AvgIpc) is 3.44. The molecule has 3 aromatic carbocycles. The molecule has 1 amide bonds. The van der Waals surface area contributed by atoms with Gasteiger partial charge in [0.1, 0.15) is 0 Å². The number of aryl methyl sites for hydroxylation is 1. The zero-order valence-electron chi connectivity index (χ0n) is 20.6. The summed E-state index contributed by atoms with van der Waals surface area (Å²) in [7, 11) is 0. The summed E-state index contributed by atoms with van der Waals surface area (Å²) in [6, 6.07) is 25.8.